The van der Waals surface area contributed by atoms with Gasteiger partial charge in [0.15, 0.2) is 0 Å². The number of carbonyl (C=O) groups excluding carboxylic acids is 1. The molecule has 1 amide bonds. The number of carboxylic acid groups (broad SMARTS) is 1. The Morgan fingerprint density at radius 3 is 2.35 bits per heavy atom. The van der Waals surface area contributed by atoms with Gasteiger partial charge in [0.25, 0.3) is 0 Å². The lowest BCUT2D eigenvalue weighted by Gasteiger charge is -2.11. The Balaban J connectivity index is 2.53. The summed E-state index contributed by atoms with van der Waals surface area (Å²) in [5, 5.41) is 11.5. The average Bonchev–Trinajstić information content (AvgIpc) is 2.33. The third-order valence-corrected chi connectivity index (χ3v) is 5.50. The minimum Gasteiger partial charge on any atom is -0.480 e. The van der Waals surface area contributed by atoms with Crippen molar-refractivity contribution in [2.45, 2.75) is 6.04 Å². The Morgan fingerprint density at radius 1 is 1.30 bits per heavy atom. The first-order chi connectivity index (χ1) is 9.31. The summed E-state index contributed by atoms with van der Waals surface area (Å²) in [5.74, 6) is -0.827. The third kappa shape index (κ3) is 6.19. The number of aliphatic carboxylic acids is 1. The first kappa shape index (κ1) is 18.7. The van der Waals surface area contributed by atoms with Crippen LogP contribution in [0.1, 0.15) is 0 Å². The SMILES string of the molecule is N[C@H](CSCC(=O)Nc1c(I)cc(I)cc1I)C(=O)O. The molecule has 0 aromatic heterocycles. The first-order valence-electron chi connectivity index (χ1n) is 5.31. The van der Waals surface area contributed by atoms with Crippen LogP contribution in [0.2, 0.25) is 0 Å². The van der Waals surface area contributed by atoms with E-state index in [1.54, 1.807) is 0 Å². The number of hydrogen-bond donors (Lipinski definition) is 3. The summed E-state index contributed by atoms with van der Waals surface area (Å²) < 4.78 is 3.05. The highest BCUT2D eigenvalue weighted by atomic mass is 127. The van der Waals surface area contributed by atoms with E-state index in [-0.39, 0.29) is 17.4 Å². The van der Waals surface area contributed by atoms with Crippen molar-refractivity contribution in [1.29, 1.82) is 0 Å². The van der Waals surface area contributed by atoms with Crippen molar-refractivity contribution < 1.29 is 14.7 Å². The predicted octanol–water partition coefficient (Wildman–Crippen LogP) is 2.58. The van der Waals surface area contributed by atoms with Gasteiger partial charge in [-0.2, -0.15) is 0 Å². The summed E-state index contributed by atoms with van der Waals surface area (Å²) in [6.07, 6.45) is 0. The number of hydrogen-bond acceptors (Lipinski definition) is 4. The van der Waals surface area contributed by atoms with Crippen LogP contribution < -0.4 is 11.1 Å². The van der Waals surface area contributed by atoms with Crippen LogP contribution in [-0.4, -0.2) is 34.5 Å². The highest BCUT2D eigenvalue weighted by Crippen LogP contribution is 2.27. The van der Waals surface area contributed by atoms with E-state index < -0.39 is 12.0 Å². The molecule has 0 bridgehead atoms. The molecule has 5 nitrogen and oxygen atoms in total. The molecule has 1 rings (SSSR count). The summed E-state index contributed by atoms with van der Waals surface area (Å²) in [6, 6.07) is 3.02. The zero-order valence-electron chi connectivity index (χ0n) is 10.0. The lowest BCUT2D eigenvalue weighted by molar-refractivity contribution is -0.137. The first-order valence-corrected chi connectivity index (χ1v) is 9.71. The molecule has 0 unspecified atom stereocenters. The van der Waals surface area contributed by atoms with Crippen molar-refractivity contribution in [2.75, 3.05) is 16.8 Å². The predicted molar refractivity (Wildman–Crippen MR) is 106 cm³/mol. The second-order valence-corrected chi connectivity index (χ2v) is 8.35. The number of nitrogens with one attached hydrogen (secondary N) is 1. The fourth-order valence-electron chi connectivity index (χ4n) is 1.19. The van der Waals surface area contributed by atoms with Crippen LogP contribution in [0.25, 0.3) is 0 Å². The minimum absolute atomic E-state index is 0.162. The number of benzene rings is 1. The molecule has 20 heavy (non-hydrogen) atoms. The summed E-state index contributed by atoms with van der Waals surface area (Å²) in [7, 11) is 0. The second kappa shape index (κ2) is 8.95. The number of nitrogens with two attached hydrogens (primary N) is 1. The van der Waals surface area contributed by atoms with Gasteiger partial charge >= 0.3 is 5.97 Å². The molecule has 4 N–H and O–H groups in total. The molecule has 0 heterocycles. The van der Waals surface area contributed by atoms with E-state index in [1.807, 2.05) is 12.1 Å². The van der Waals surface area contributed by atoms with Gasteiger partial charge in [0.05, 0.1) is 11.4 Å². The highest BCUT2D eigenvalue weighted by Gasteiger charge is 2.14. The van der Waals surface area contributed by atoms with E-state index in [0.29, 0.717) is 0 Å². The Bertz CT molecular complexity index is 505. The van der Waals surface area contributed by atoms with Crippen molar-refractivity contribution >= 4 is 97.1 Å². The van der Waals surface area contributed by atoms with E-state index in [9.17, 15) is 9.59 Å². The smallest absolute Gasteiger partial charge is 0.321 e. The Hall–Kier alpha value is 0.660. The lowest BCUT2D eigenvalue weighted by Crippen LogP contribution is -2.33. The molecule has 0 saturated carbocycles. The Labute approximate surface area is 161 Å². The van der Waals surface area contributed by atoms with Crippen molar-refractivity contribution in [3.63, 3.8) is 0 Å². The number of thioether (sulfide) groups is 1. The number of carbonyl (C=O) groups is 2. The monoisotopic (exact) mass is 632 g/mol. The molecule has 0 saturated heterocycles. The van der Waals surface area contributed by atoms with Crippen LogP contribution in [0.3, 0.4) is 0 Å². The zero-order valence-corrected chi connectivity index (χ0v) is 17.3. The zero-order chi connectivity index (χ0) is 15.3. The maximum Gasteiger partial charge on any atom is 0.321 e. The van der Waals surface area contributed by atoms with E-state index in [1.165, 1.54) is 11.8 Å². The molecule has 0 aliphatic carbocycles. The average molecular weight is 632 g/mol. The fourth-order valence-corrected chi connectivity index (χ4v) is 5.81. The van der Waals surface area contributed by atoms with Gasteiger partial charge in [0, 0.05) is 16.5 Å². The van der Waals surface area contributed by atoms with Gasteiger partial charge in [0.2, 0.25) is 5.91 Å². The third-order valence-electron chi connectivity index (χ3n) is 2.12. The lowest BCUT2D eigenvalue weighted by atomic mass is 10.3. The Kier molecular flexibility index (Phi) is 8.37. The van der Waals surface area contributed by atoms with Crippen molar-refractivity contribution in [1.82, 2.24) is 0 Å². The number of amides is 1. The summed E-state index contributed by atoms with van der Waals surface area (Å²) >= 11 is 7.78. The van der Waals surface area contributed by atoms with Crippen LogP contribution in [0.5, 0.6) is 0 Å². The van der Waals surface area contributed by atoms with E-state index in [4.69, 9.17) is 10.8 Å². The second-order valence-electron chi connectivity index (χ2n) is 3.75. The van der Waals surface area contributed by atoms with E-state index >= 15 is 0 Å². The maximum absolute atomic E-state index is 11.8. The molecule has 0 fully saturated rings. The number of rotatable bonds is 6. The topological polar surface area (TPSA) is 92.4 Å². The summed E-state index contributed by atoms with van der Waals surface area (Å²) in [4.78, 5) is 22.4. The van der Waals surface area contributed by atoms with Crippen LogP contribution in [0.15, 0.2) is 12.1 Å². The molecule has 1 atom stereocenters. The van der Waals surface area contributed by atoms with E-state index in [0.717, 1.165) is 16.4 Å². The summed E-state index contributed by atoms with van der Waals surface area (Å²) in [5.41, 5.74) is 6.16. The summed E-state index contributed by atoms with van der Waals surface area (Å²) in [6.45, 7) is 0. The van der Waals surface area contributed by atoms with Gasteiger partial charge in [0.1, 0.15) is 6.04 Å². The molecule has 0 spiro atoms. The largest absolute Gasteiger partial charge is 0.480 e. The number of carboxylic acids is 1. The Morgan fingerprint density at radius 2 is 1.85 bits per heavy atom. The molecule has 0 aliphatic rings. The van der Waals surface area contributed by atoms with Crippen molar-refractivity contribution in [2.24, 2.45) is 5.73 Å². The van der Waals surface area contributed by atoms with Crippen molar-refractivity contribution in [3.8, 4) is 0 Å². The van der Waals surface area contributed by atoms with Crippen LogP contribution in [0, 0.1) is 10.7 Å². The fraction of sp³-hybridized carbons (Fsp3) is 0.273. The van der Waals surface area contributed by atoms with Gasteiger partial charge in [-0.15, -0.1) is 11.8 Å². The van der Waals surface area contributed by atoms with Crippen LogP contribution in [-0.2, 0) is 9.59 Å². The molecule has 9 heteroatoms. The molecule has 1 aromatic rings. The van der Waals surface area contributed by atoms with Gasteiger partial charge in [-0.25, -0.2) is 0 Å². The molecular weight excluding hydrogens is 621 g/mol. The maximum atomic E-state index is 11.8. The minimum atomic E-state index is -1.06. The highest BCUT2D eigenvalue weighted by molar-refractivity contribution is 14.1. The van der Waals surface area contributed by atoms with Crippen molar-refractivity contribution in [3.05, 3.63) is 22.8 Å². The van der Waals surface area contributed by atoms with Gasteiger partial charge in [-0.1, -0.05) is 0 Å². The molecular formula is C11H11I3N2O3S. The van der Waals surface area contributed by atoms with Crippen LogP contribution in [0.4, 0.5) is 5.69 Å². The molecule has 1 aromatic carbocycles. The van der Waals surface area contributed by atoms with Crippen LogP contribution >= 0.6 is 79.5 Å². The molecule has 110 valence electrons. The molecule has 0 aliphatic heterocycles. The van der Waals surface area contributed by atoms with Gasteiger partial charge in [-0.3, -0.25) is 9.59 Å². The number of halogens is 3. The molecule has 0 radical (unpaired) electrons. The normalized spacial score (nSPS) is 12.0. The number of anilines is 1. The standard InChI is InChI=1S/C11H11I3N2O3S/c12-5-1-6(13)10(7(14)2-5)16-9(17)4-20-3-8(15)11(18)19/h1-2,8H,3-4,15H2,(H,16,17)(H,18,19)/t8-/m1/s1. The van der Waals surface area contributed by atoms with Gasteiger partial charge < -0.3 is 16.2 Å². The van der Waals surface area contributed by atoms with E-state index in [2.05, 4.69) is 73.1 Å². The van der Waals surface area contributed by atoms with Gasteiger partial charge in [-0.05, 0) is 79.9 Å². The quantitative estimate of drug-likeness (QED) is 0.420.